The average Bonchev–Trinajstić information content (AvgIpc) is 3.17. The Kier molecular flexibility index (Phi) is 4.44. The second-order valence-corrected chi connectivity index (χ2v) is 6.82. The highest BCUT2D eigenvalue weighted by Gasteiger charge is 2.31. The van der Waals surface area contributed by atoms with Crippen molar-refractivity contribution >= 4 is 22.8 Å². The summed E-state index contributed by atoms with van der Waals surface area (Å²) in [5, 5.41) is 13.5. The number of H-pyrrole nitrogens is 1. The number of nitrogens with one attached hydrogen (secondary N) is 3. The van der Waals surface area contributed by atoms with Gasteiger partial charge in [0, 0.05) is 48.2 Å². The second kappa shape index (κ2) is 6.92. The Labute approximate surface area is 155 Å². The van der Waals surface area contributed by atoms with Gasteiger partial charge in [0.2, 0.25) is 0 Å². The third-order valence-electron chi connectivity index (χ3n) is 4.61. The Morgan fingerprint density at radius 3 is 2.93 bits per heavy atom. The summed E-state index contributed by atoms with van der Waals surface area (Å²) in [5.74, 6) is 0.364. The Balaban J connectivity index is 1.50. The minimum Gasteiger partial charge on any atom is -0.331 e. The summed E-state index contributed by atoms with van der Waals surface area (Å²) in [4.78, 5) is 22.5. The summed E-state index contributed by atoms with van der Waals surface area (Å²) < 4.78 is 13.8. The number of hydrogen-bond acceptors (Lipinski definition) is 5. The molecule has 0 unspecified atom stereocenters. The first kappa shape index (κ1) is 17.3. The number of nitrogens with zero attached hydrogens (tertiary/aromatic N) is 4. The van der Waals surface area contributed by atoms with Gasteiger partial charge in [0.1, 0.15) is 17.7 Å². The minimum atomic E-state index is -1.07. The van der Waals surface area contributed by atoms with Gasteiger partial charge in [0.25, 0.3) is 0 Å². The molecule has 2 atom stereocenters. The van der Waals surface area contributed by atoms with E-state index in [1.54, 1.807) is 18.5 Å². The van der Waals surface area contributed by atoms with E-state index in [9.17, 15) is 9.18 Å². The monoisotopic (exact) mass is 369 g/mol. The molecule has 0 radical (unpaired) electrons. The SMILES string of the molecule is Cc1cc(-c2n[nH]c3cc(NC(=O)N[C@@H]4CN(C)C[C@@H]4F)ncc23)ccn1. The van der Waals surface area contributed by atoms with Crippen LogP contribution in [-0.2, 0) is 0 Å². The first-order valence-corrected chi connectivity index (χ1v) is 8.67. The number of carbonyl (C=O) groups excluding carboxylic acids is 1. The summed E-state index contributed by atoms with van der Waals surface area (Å²) in [5.41, 5.74) is 3.35. The van der Waals surface area contributed by atoms with E-state index >= 15 is 0 Å². The molecular weight excluding hydrogens is 349 g/mol. The first-order chi connectivity index (χ1) is 13.0. The Hall–Kier alpha value is -3.07. The third kappa shape index (κ3) is 3.59. The number of likely N-dealkylation sites (tertiary alicyclic amines) is 1. The second-order valence-electron chi connectivity index (χ2n) is 6.82. The normalized spacial score (nSPS) is 20.1. The first-order valence-electron chi connectivity index (χ1n) is 8.67. The number of aromatic nitrogens is 4. The number of urea groups is 1. The minimum absolute atomic E-state index is 0.320. The van der Waals surface area contributed by atoms with Crippen LogP contribution in [0.25, 0.3) is 22.2 Å². The number of amides is 2. The molecule has 0 aliphatic carbocycles. The van der Waals surface area contributed by atoms with Gasteiger partial charge in [0.15, 0.2) is 0 Å². The fraction of sp³-hybridized carbons (Fsp3) is 0.333. The average molecular weight is 369 g/mol. The number of halogens is 1. The zero-order valence-corrected chi connectivity index (χ0v) is 15.0. The van der Waals surface area contributed by atoms with Gasteiger partial charge >= 0.3 is 6.03 Å². The van der Waals surface area contributed by atoms with Gasteiger partial charge in [-0.1, -0.05) is 0 Å². The fourth-order valence-electron chi connectivity index (χ4n) is 3.30. The molecule has 1 saturated heterocycles. The maximum Gasteiger partial charge on any atom is 0.320 e. The summed E-state index contributed by atoms with van der Waals surface area (Å²) in [6.45, 7) is 2.72. The zero-order valence-electron chi connectivity index (χ0n) is 15.0. The van der Waals surface area contributed by atoms with Gasteiger partial charge in [0.05, 0.1) is 11.6 Å². The van der Waals surface area contributed by atoms with Crippen LogP contribution in [0.2, 0.25) is 0 Å². The number of rotatable bonds is 3. The number of alkyl halides is 1. The molecule has 140 valence electrons. The molecule has 4 heterocycles. The predicted octanol–water partition coefficient (Wildman–Crippen LogP) is 2.10. The van der Waals surface area contributed by atoms with Crippen LogP contribution in [0.15, 0.2) is 30.6 Å². The van der Waals surface area contributed by atoms with Crippen molar-refractivity contribution in [2.45, 2.75) is 19.1 Å². The maximum atomic E-state index is 13.8. The molecule has 0 bridgehead atoms. The van der Waals surface area contributed by atoms with Gasteiger partial charge in [-0.15, -0.1) is 0 Å². The molecular formula is C18H20FN7O. The van der Waals surface area contributed by atoms with Crippen LogP contribution in [0.3, 0.4) is 0 Å². The van der Waals surface area contributed by atoms with Crippen molar-refractivity contribution < 1.29 is 9.18 Å². The summed E-state index contributed by atoms with van der Waals surface area (Å²) >= 11 is 0. The van der Waals surface area contributed by atoms with Gasteiger partial charge in [-0.25, -0.2) is 14.2 Å². The van der Waals surface area contributed by atoms with Crippen molar-refractivity contribution in [3.8, 4) is 11.3 Å². The van der Waals surface area contributed by atoms with Crippen molar-refractivity contribution in [1.29, 1.82) is 0 Å². The quantitative estimate of drug-likeness (QED) is 0.657. The number of hydrogen-bond donors (Lipinski definition) is 3. The molecule has 9 heteroatoms. The van der Waals surface area contributed by atoms with E-state index in [0.29, 0.717) is 18.9 Å². The Morgan fingerprint density at radius 1 is 1.33 bits per heavy atom. The van der Waals surface area contributed by atoms with E-state index in [1.807, 2.05) is 31.0 Å². The van der Waals surface area contributed by atoms with E-state index in [2.05, 4.69) is 30.8 Å². The largest absolute Gasteiger partial charge is 0.331 e. The summed E-state index contributed by atoms with van der Waals surface area (Å²) in [7, 11) is 1.82. The Morgan fingerprint density at radius 2 is 2.19 bits per heavy atom. The van der Waals surface area contributed by atoms with Crippen LogP contribution in [0.5, 0.6) is 0 Å². The molecule has 1 aliphatic rings. The molecule has 3 N–H and O–H groups in total. The van der Waals surface area contributed by atoms with Crippen molar-refractivity contribution in [2.75, 3.05) is 25.5 Å². The number of fused-ring (bicyclic) bond motifs is 1. The van der Waals surface area contributed by atoms with Crippen LogP contribution in [0.1, 0.15) is 5.69 Å². The molecule has 0 saturated carbocycles. The zero-order chi connectivity index (χ0) is 19.0. The smallest absolute Gasteiger partial charge is 0.320 e. The highest BCUT2D eigenvalue weighted by atomic mass is 19.1. The highest BCUT2D eigenvalue weighted by molar-refractivity contribution is 5.95. The highest BCUT2D eigenvalue weighted by Crippen LogP contribution is 2.27. The fourth-order valence-corrected chi connectivity index (χ4v) is 3.30. The lowest BCUT2D eigenvalue weighted by atomic mass is 10.1. The molecule has 3 aromatic rings. The molecule has 1 aliphatic heterocycles. The van der Waals surface area contributed by atoms with Crippen molar-refractivity contribution in [3.63, 3.8) is 0 Å². The van der Waals surface area contributed by atoms with E-state index in [0.717, 1.165) is 27.9 Å². The predicted molar refractivity (Wildman–Crippen MR) is 100 cm³/mol. The molecule has 8 nitrogen and oxygen atoms in total. The van der Waals surface area contributed by atoms with E-state index in [4.69, 9.17) is 0 Å². The van der Waals surface area contributed by atoms with Crippen molar-refractivity contribution in [3.05, 3.63) is 36.3 Å². The number of aromatic amines is 1. The number of aryl methyl sites for hydroxylation is 1. The lowest BCUT2D eigenvalue weighted by molar-refractivity contribution is 0.239. The van der Waals surface area contributed by atoms with Crippen molar-refractivity contribution in [2.24, 2.45) is 0 Å². The molecule has 27 heavy (non-hydrogen) atoms. The number of anilines is 1. The van der Waals surface area contributed by atoms with Crippen LogP contribution >= 0.6 is 0 Å². The molecule has 3 aromatic heterocycles. The lowest BCUT2D eigenvalue weighted by Crippen LogP contribution is -2.43. The molecule has 0 spiro atoms. The topological polar surface area (TPSA) is 98.8 Å². The van der Waals surface area contributed by atoms with Crippen molar-refractivity contribution in [1.82, 2.24) is 30.4 Å². The maximum absolute atomic E-state index is 13.8. The summed E-state index contributed by atoms with van der Waals surface area (Å²) in [6, 6.07) is 4.53. The number of pyridine rings is 2. The molecule has 0 aromatic carbocycles. The van der Waals surface area contributed by atoms with Crippen LogP contribution in [0.4, 0.5) is 15.0 Å². The standard InChI is InChI=1S/C18H20FN7O/c1-10-5-11(3-4-20-10)17-12-7-21-16(6-14(12)24-25-17)23-18(27)22-15-9-26(2)8-13(15)19/h3-7,13,15H,8-9H2,1-2H3,(H,24,25)(H2,21,22,23,27)/t13-,15+/m0/s1. The van der Waals surface area contributed by atoms with E-state index in [-0.39, 0.29) is 0 Å². The third-order valence-corrected chi connectivity index (χ3v) is 4.61. The van der Waals surface area contributed by atoms with Crippen LogP contribution in [0, 0.1) is 6.92 Å². The molecule has 4 rings (SSSR count). The Bertz CT molecular complexity index is 989. The number of likely N-dealkylation sites (N-methyl/N-ethyl adjacent to an activating group) is 1. The van der Waals surface area contributed by atoms with E-state index in [1.165, 1.54) is 0 Å². The molecule has 1 fully saturated rings. The van der Waals surface area contributed by atoms with Gasteiger partial charge in [-0.05, 0) is 26.1 Å². The van der Waals surface area contributed by atoms with Crippen LogP contribution in [-0.4, -0.2) is 63.4 Å². The van der Waals surface area contributed by atoms with Crippen LogP contribution < -0.4 is 10.6 Å². The van der Waals surface area contributed by atoms with Gasteiger partial charge in [-0.2, -0.15) is 5.10 Å². The van der Waals surface area contributed by atoms with Gasteiger partial charge in [-0.3, -0.25) is 15.4 Å². The summed E-state index contributed by atoms with van der Waals surface area (Å²) in [6.07, 6.45) is 2.31. The lowest BCUT2D eigenvalue weighted by Gasteiger charge is -2.14. The molecule has 2 amide bonds. The number of carbonyl (C=O) groups is 1. The van der Waals surface area contributed by atoms with E-state index < -0.39 is 18.2 Å². The van der Waals surface area contributed by atoms with Gasteiger partial charge < -0.3 is 10.2 Å².